The van der Waals surface area contributed by atoms with Crippen molar-refractivity contribution in [2.45, 2.75) is 13.0 Å². The topological polar surface area (TPSA) is 43.4 Å². The third kappa shape index (κ3) is 3.02. The Kier molecular flexibility index (Phi) is 3.80. The van der Waals surface area contributed by atoms with Gasteiger partial charge < -0.3 is 4.74 Å². The maximum atomic E-state index is 13.2. The molecule has 1 rings (SSSR count). The molecule has 0 radical (unpaired) electrons. The molecule has 0 saturated heterocycles. The Morgan fingerprint density at radius 3 is 2.47 bits per heavy atom. The molecule has 1 aromatic carbocycles. The van der Waals surface area contributed by atoms with Gasteiger partial charge in [0.1, 0.15) is 5.82 Å². The third-order valence-electron chi connectivity index (χ3n) is 1.68. The third-order valence-corrected chi connectivity index (χ3v) is 1.88. The van der Waals surface area contributed by atoms with E-state index in [4.69, 9.17) is 11.6 Å². The molecule has 80 valence electrons. The Hall–Kier alpha value is -1.42. The van der Waals surface area contributed by atoms with Gasteiger partial charge >= 0.3 is 5.97 Å². The van der Waals surface area contributed by atoms with Gasteiger partial charge in [-0.15, -0.1) is 0 Å². The number of ether oxygens (including phenoxy) is 1. The minimum atomic E-state index is -1.38. The van der Waals surface area contributed by atoms with E-state index in [1.54, 1.807) is 0 Å². The SMILES string of the molecule is CC(=O)O[C@@H](C(=O)Cl)c1ccccc1F. The van der Waals surface area contributed by atoms with E-state index in [9.17, 15) is 14.0 Å². The van der Waals surface area contributed by atoms with Crippen LogP contribution in [-0.2, 0) is 14.3 Å². The largest absolute Gasteiger partial charge is 0.448 e. The van der Waals surface area contributed by atoms with Gasteiger partial charge in [-0.25, -0.2) is 4.39 Å². The van der Waals surface area contributed by atoms with Crippen molar-refractivity contribution in [3.63, 3.8) is 0 Å². The maximum Gasteiger partial charge on any atom is 0.303 e. The first-order chi connectivity index (χ1) is 7.02. The van der Waals surface area contributed by atoms with Crippen molar-refractivity contribution < 1.29 is 18.7 Å². The number of hydrogen-bond donors (Lipinski definition) is 0. The van der Waals surface area contributed by atoms with E-state index in [0.29, 0.717) is 0 Å². The molecule has 0 aromatic heterocycles. The van der Waals surface area contributed by atoms with Gasteiger partial charge in [-0.05, 0) is 17.7 Å². The molecular formula is C10H8ClFO3. The summed E-state index contributed by atoms with van der Waals surface area (Å²) in [4.78, 5) is 21.6. The van der Waals surface area contributed by atoms with Crippen LogP contribution in [0, 0.1) is 5.82 Å². The van der Waals surface area contributed by atoms with Gasteiger partial charge in [0.15, 0.2) is 0 Å². The van der Waals surface area contributed by atoms with E-state index in [1.165, 1.54) is 18.2 Å². The Morgan fingerprint density at radius 1 is 1.40 bits per heavy atom. The molecule has 1 atom stereocenters. The van der Waals surface area contributed by atoms with Gasteiger partial charge in [-0.2, -0.15) is 0 Å². The Bertz CT molecular complexity index is 392. The summed E-state index contributed by atoms with van der Waals surface area (Å²) in [6.45, 7) is 1.12. The predicted octanol–water partition coefficient (Wildman–Crippen LogP) is 2.20. The zero-order valence-electron chi connectivity index (χ0n) is 7.87. The van der Waals surface area contributed by atoms with Crippen LogP contribution in [0.4, 0.5) is 4.39 Å². The molecule has 0 fully saturated rings. The fraction of sp³-hybridized carbons (Fsp3) is 0.200. The standard InChI is InChI=1S/C10H8ClFO3/c1-6(13)15-9(10(11)14)7-4-2-3-5-8(7)12/h2-5,9H,1H3/t9-/m1/s1. The van der Waals surface area contributed by atoms with E-state index >= 15 is 0 Å². The summed E-state index contributed by atoms with van der Waals surface area (Å²) in [6.07, 6.45) is -1.38. The summed E-state index contributed by atoms with van der Waals surface area (Å²) in [5, 5.41) is -0.935. The molecule has 0 aliphatic carbocycles. The second-order valence-electron chi connectivity index (χ2n) is 2.82. The van der Waals surface area contributed by atoms with E-state index in [1.807, 2.05) is 0 Å². The van der Waals surface area contributed by atoms with Gasteiger partial charge in [-0.3, -0.25) is 9.59 Å². The quantitative estimate of drug-likeness (QED) is 0.591. The summed E-state index contributed by atoms with van der Waals surface area (Å²) < 4.78 is 17.9. The predicted molar refractivity (Wildman–Crippen MR) is 51.8 cm³/mol. The van der Waals surface area contributed by atoms with Crippen molar-refractivity contribution in [1.82, 2.24) is 0 Å². The number of carbonyl (C=O) groups is 2. The summed E-state index contributed by atoms with van der Waals surface area (Å²) in [6, 6.07) is 5.48. The van der Waals surface area contributed by atoms with Crippen LogP contribution in [-0.4, -0.2) is 11.2 Å². The lowest BCUT2D eigenvalue weighted by Crippen LogP contribution is -2.15. The first-order valence-corrected chi connectivity index (χ1v) is 4.51. The number of esters is 1. The lowest BCUT2D eigenvalue weighted by molar-refractivity contribution is -0.151. The number of hydrogen-bond acceptors (Lipinski definition) is 3. The minimum absolute atomic E-state index is 0.0484. The first-order valence-electron chi connectivity index (χ1n) is 4.13. The van der Waals surface area contributed by atoms with Gasteiger partial charge in [0.25, 0.3) is 5.24 Å². The molecule has 15 heavy (non-hydrogen) atoms. The molecule has 0 bridgehead atoms. The van der Waals surface area contributed by atoms with Gasteiger partial charge in [-0.1, -0.05) is 18.2 Å². The zero-order chi connectivity index (χ0) is 11.4. The average molecular weight is 231 g/mol. The monoisotopic (exact) mass is 230 g/mol. The summed E-state index contributed by atoms with van der Waals surface area (Å²) in [5.41, 5.74) is -0.0484. The number of halogens is 2. The van der Waals surface area contributed by atoms with Crippen LogP contribution >= 0.6 is 11.6 Å². The molecule has 3 nitrogen and oxygen atoms in total. The van der Waals surface area contributed by atoms with Gasteiger partial charge in [0, 0.05) is 12.5 Å². The van der Waals surface area contributed by atoms with Crippen molar-refractivity contribution in [1.29, 1.82) is 0 Å². The van der Waals surface area contributed by atoms with E-state index in [0.717, 1.165) is 13.0 Å². The lowest BCUT2D eigenvalue weighted by Gasteiger charge is -2.13. The highest BCUT2D eigenvalue weighted by Gasteiger charge is 2.24. The minimum Gasteiger partial charge on any atom is -0.448 e. The first kappa shape index (κ1) is 11.7. The Morgan fingerprint density at radius 2 is 2.00 bits per heavy atom. The molecule has 1 aromatic rings. The number of rotatable bonds is 3. The van der Waals surface area contributed by atoms with Gasteiger partial charge in [0.2, 0.25) is 6.10 Å². The summed E-state index contributed by atoms with van der Waals surface area (Å²) >= 11 is 5.21. The fourth-order valence-corrected chi connectivity index (χ4v) is 1.25. The Labute approximate surface area is 90.8 Å². The van der Waals surface area contributed by atoms with Crippen LogP contribution < -0.4 is 0 Å². The van der Waals surface area contributed by atoms with Crippen LogP contribution in [0.15, 0.2) is 24.3 Å². The highest BCUT2D eigenvalue weighted by atomic mass is 35.5. The van der Waals surface area contributed by atoms with Crippen LogP contribution in [0.1, 0.15) is 18.6 Å². The van der Waals surface area contributed by atoms with Crippen LogP contribution in [0.25, 0.3) is 0 Å². The molecule has 5 heteroatoms. The average Bonchev–Trinajstić information content (AvgIpc) is 2.15. The number of benzene rings is 1. The lowest BCUT2D eigenvalue weighted by atomic mass is 10.1. The molecule has 0 amide bonds. The van der Waals surface area contributed by atoms with Crippen LogP contribution in [0.2, 0.25) is 0 Å². The number of carbonyl (C=O) groups excluding carboxylic acids is 2. The molecular weight excluding hydrogens is 223 g/mol. The molecule has 0 aliphatic rings. The summed E-state index contributed by atoms with van der Waals surface area (Å²) in [5.74, 6) is -1.34. The molecule has 0 saturated carbocycles. The summed E-state index contributed by atoms with van der Waals surface area (Å²) in [7, 11) is 0. The normalized spacial score (nSPS) is 11.9. The van der Waals surface area contributed by atoms with Crippen molar-refractivity contribution >= 4 is 22.8 Å². The van der Waals surface area contributed by atoms with Crippen molar-refractivity contribution in [2.24, 2.45) is 0 Å². The van der Waals surface area contributed by atoms with Crippen molar-refractivity contribution in [3.8, 4) is 0 Å². The van der Waals surface area contributed by atoms with E-state index < -0.39 is 23.1 Å². The molecule has 0 aliphatic heterocycles. The fourth-order valence-electron chi connectivity index (χ4n) is 1.09. The molecule has 0 unspecified atom stereocenters. The second kappa shape index (κ2) is 4.89. The molecule has 0 heterocycles. The zero-order valence-corrected chi connectivity index (χ0v) is 8.62. The molecule has 0 spiro atoms. The second-order valence-corrected chi connectivity index (χ2v) is 3.19. The molecule has 0 N–H and O–H groups in total. The van der Waals surface area contributed by atoms with Gasteiger partial charge in [0.05, 0.1) is 0 Å². The maximum absolute atomic E-state index is 13.2. The smallest absolute Gasteiger partial charge is 0.303 e. The van der Waals surface area contributed by atoms with Crippen molar-refractivity contribution in [3.05, 3.63) is 35.6 Å². The van der Waals surface area contributed by atoms with Crippen LogP contribution in [0.5, 0.6) is 0 Å². The Balaban J connectivity index is 3.04. The van der Waals surface area contributed by atoms with E-state index in [-0.39, 0.29) is 5.56 Å². The van der Waals surface area contributed by atoms with E-state index in [2.05, 4.69) is 4.74 Å². The highest BCUT2D eigenvalue weighted by Crippen LogP contribution is 2.23. The van der Waals surface area contributed by atoms with Crippen molar-refractivity contribution in [2.75, 3.05) is 0 Å². The highest BCUT2D eigenvalue weighted by molar-refractivity contribution is 6.64. The van der Waals surface area contributed by atoms with Crippen LogP contribution in [0.3, 0.4) is 0 Å².